The third-order valence-corrected chi connectivity index (χ3v) is 9.70. The van der Waals surface area contributed by atoms with E-state index in [1.807, 2.05) is 30.2 Å². The summed E-state index contributed by atoms with van der Waals surface area (Å²) in [6, 6.07) is 42.1. The number of hydrogen-bond donors (Lipinski definition) is 0. The summed E-state index contributed by atoms with van der Waals surface area (Å²) < 4.78 is 4.09. The van der Waals surface area contributed by atoms with Crippen molar-refractivity contribution in [3.05, 3.63) is 156 Å². The maximum atomic E-state index is 5.08. The number of rotatable bonds is 5. The van der Waals surface area contributed by atoms with Gasteiger partial charge in [0.05, 0.1) is 17.7 Å². The monoisotopic (exact) mass is 818 g/mol. The maximum Gasteiger partial charge on any atom is 2.00 e. The number of fused-ring (bicyclic) bond motifs is 2. The largest absolute Gasteiger partial charge is 2.00 e. The van der Waals surface area contributed by atoms with Crippen LogP contribution in [0.25, 0.3) is 39.5 Å². The number of hydrogen-bond acceptors (Lipinski definition) is 3. The van der Waals surface area contributed by atoms with Gasteiger partial charge in [-0.15, -0.1) is 47.5 Å². The fraction of sp³-hybridized carbons (Fsp3) is 0.163. The Bertz CT molecular complexity index is 2310. The van der Waals surface area contributed by atoms with Crippen molar-refractivity contribution in [3.8, 4) is 39.5 Å². The summed E-state index contributed by atoms with van der Waals surface area (Å²) >= 11 is 0. The van der Waals surface area contributed by atoms with E-state index in [9.17, 15) is 0 Å². The van der Waals surface area contributed by atoms with E-state index in [1.54, 1.807) is 0 Å². The standard InChI is InChI=1S/C43H37N5.Pt/c1-28-23-29(2)40(30(3)24-28)35-27-45-48(41(35)31-13-8-7-9-14-31)34-19-20-37-39(26-34)47(38-18-11-10-17-36(38)43(37,4)5)33-16-12-15-32(25-33)42-44-21-22-46(42)6;/h7-24,27H,1-6H3;/q-2;+2. The molecule has 0 bridgehead atoms. The summed E-state index contributed by atoms with van der Waals surface area (Å²) in [5.74, 6) is 0.874. The third kappa shape index (κ3) is 5.37. The number of benzene rings is 5. The van der Waals surface area contributed by atoms with E-state index in [0.29, 0.717) is 0 Å². The zero-order chi connectivity index (χ0) is 33.2. The van der Waals surface area contributed by atoms with Crippen LogP contribution in [0, 0.1) is 32.9 Å². The molecule has 0 atom stereocenters. The van der Waals surface area contributed by atoms with Gasteiger partial charge in [0.25, 0.3) is 0 Å². The topological polar surface area (TPSA) is 38.9 Å². The van der Waals surface area contributed by atoms with Crippen LogP contribution in [-0.4, -0.2) is 19.3 Å². The van der Waals surface area contributed by atoms with E-state index in [4.69, 9.17) is 5.10 Å². The predicted molar refractivity (Wildman–Crippen MR) is 195 cm³/mol. The molecule has 244 valence electrons. The molecule has 1 aliphatic rings. The van der Waals surface area contributed by atoms with Gasteiger partial charge in [0.15, 0.2) is 0 Å². The molecular formula is C43H37N5Pt. The summed E-state index contributed by atoms with van der Waals surface area (Å²) in [6.07, 6.45) is 5.81. The van der Waals surface area contributed by atoms with Gasteiger partial charge in [0.1, 0.15) is 0 Å². The van der Waals surface area contributed by atoms with Gasteiger partial charge in [-0.2, -0.15) is 11.2 Å². The molecule has 0 saturated heterocycles. The quantitative estimate of drug-likeness (QED) is 0.163. The zero-order valence-corrected chi connectivity index (χ0v) is 30.8. The van der Waals surface area contributed by atoms with Crippen molar-refractivity contribution in [2.75, 3.05) is 4.90 Å². The molecule has 0 amide bonds. The van der Waals surface area contributed by atoms with Gasteiger partial charge in [0.2, 0.25) is 0 Å². The third-order valence-electron chi connectivity index (χ3n) is 9.70. The van der Waals surface area contributed by atoms with Gasteiger partial charge in [-0.1, -0.05) is 85.8 Å². The second-order valence-electron chi connectivity index (χ2n) is 13.4. The van der Waals surface area contributed by atoms with Crippen LogP contribution in [0.5, 0.6) is 0 Å². The van der Waals surface area contributed by atoms with Gasteiger partial charge >= 0.3 is 21.1 Å². The van der Waals surface area contributed by atoms with Crippen molar-refractivity contribution < 1.29 is 21.1 Å². The van der Waals surface area contributed by atoms with Gasteiger partial charge < -0.3 is 9.47 Å². The first-order valence-corrected chi connectivity index (χ1v) is 16.4. The van der Waals surface area contributed by atoms with Crippen LogP contribution in [0.15, 0.2) is 116 Å². The normalized spacial score (nSPS) is 13.1. The number of para-hydroxylation sites is 1. The van der Waals surface area contributed by atoms with Crippen molar-refractivity contribution >= 4 is 17.1 Å². The molecule has 6 heteroatoms. The van der Waals surface area contributed by atoms with Gasteiger partial charge in [0, 0.05) is 36.3 Å². The Morgan fingerprint density at radius 2 is 1.47 bits per heavy atom. The molecule has 0 unspecified atom stereocenters. The van der Waals surface area contributed by atoms with Crippen LogP contribution in [0.1, 0.15) is 41.7 Å². The van der Waals surface area contributed by atoms with Crippen LogP contribution in [-0.2, 0) is 33.5 Å². The molecule has 5 aromatic carbocycles. The van der Waals surface area contributed by atoms with Crippen LogP contribution < -0.4 is 4.90 Å². The van der Waals surface area contributed by atoms with Crippen LogP contribution >= 0.6 is 0 Å². The van der Waals surface area contributed by atoms with E-state index < -0.39 is 0 Å². The molecule has 0 radical (unpaired) electrons. The Morgan fingerprint density at radius 1 is 0.735 bits per heavy atom. The van der Waals surface area contributed by atoms with Crippen molar-refractivity contribution in [2.24, 2.45) is 7.05 Å². The first kappa shape index (κ1) is 32.6. The van der Waals surface area contributed by atoms with E-state index in [-0.39, 0.29) is 26.5 Å². The molecule has 1 aliphatic heterocycles. The molecule has 49 heavy (non-hydrogen) atoms. The number of anilines is 3. The molecule has 3 heterocycles. The molecule has 0 fully saturated rings. The molecule has 8 rings (SSSR count). The maximum absolute atomic E-state index is 5.08. The molecule has 0 saturated carbocycles. The predicted octanol–water partition coefficient (Wildman–Crippen LogP) is 10.2. The second kappa shape index (κ2) is 12.5. The Kier molecular flexibility index (Phi) is 8.29. The fourth-order valence-corrected chi connectivity index (χ4v) is 7.52. The first-order valence-electron chi connectivity index (χ1n) is 16.4. The Morgan fingerprint density at radius 3 is 2.20 bits per heavy atom. The number of aromatic nitrogens is 4. The van der Waals surface area contributed by atoms with Crippen molar-refractivity contribution in [1.82, 2.24) is 19.3 Å². The van der Waals surface area contributed by atoms with Crippen LogP contribution in [0.2, 0.25) is 0 Å². The van der Waals surface area contributed by atoms with Crippen molar-refractivity contribution in [1.29, 1.82) is 0 Å². The zero-order valence-electron chi connectivity index (χ0n) is 28.5. The fourth-order valence-electron chi connectivity index (χ4n) is 7.52. The van der Waals surface area contributed by atoms with Gasteiger partial charge in [-0.25, -0.2) is 0 Å². The number of aryl methyl sites for hydroxylation is 4. The first-order chi connectivity index (χ1) is 23.2. The molecule has 0 N–H and O–H groups in total. The second-order valence-corrected chi connectivity index (χ2v) is 13.4. The SMILES string of the molecule is Cc1cc(C)c(-c2cnn(-c3[c-]c4c(cc3)C(C)(C)c3ccccc3N4c3[c-]c(-c4nccn4C)ccc3)c2-c2ccccc2)c(C)c1.[Pt+2]. The Balaban J connectivity index is 0.00000378. The molecule has 0 aliphatic carbocycles. The van der Waals surface area contributed by atoms with Crippen LogP contribution in [0.4, 0.5) is 17.1 Å². The van der Waals surface area contributed by atoms with Gasteiger partial charge in [-0.3, -0.25) is 9.67 Å². The van der Waals surface area contributed by atoms with Crippen molar-refractivity contribution in [2.45, 2.75) is 40.0 Å². The number of imidazole rings is 1. The molecule has 0 spiro atoms. The summed E-state index contributed by atoms with van der Waals surface area (Å²) in [5.41, 5.74) is 15.3. The summed E-state index contributed by atoms with van der Waals surface area (Å²) in [5, 5.41) is 5.08. The minimum atomic E-state index is -0.248. The molecular weight excluding hydrogens is 782 g/mol. The van der Waals surface area contributed by atoms with E-state index >= 15 is 0 Å². The van der Waals surface area contributed by atoms with E-state index in [2.05, 4.69) is 158 Å². The number of nitrogens with zero attached hydrogens (tertiary/aromatic N) is 5. The Labute approximate surface area is 303 Å². The van der Waals surface area contributed by atoms with Crippen molar-refractivity contribution in [3.63, 3.8) is 0 Å². The summed E-state index contributed by atoms with van der Waals surface area (Å²) in [6.45, 7) is 11.1. The minimum absolute atomic E-state index is 0. The van der Waals surface area contributed by atoms with E-state index in [1.165, 1.54) is 33.4 Å². The molecule has 5 nitrogen and oxygen atoms in total. The molecule has 2 aromatic heterocycles. The van der Waals surface area contributed by atoms with Crippen LogP contribution in [0.3, 0.4) is 0 Å². The summed E-state index contributed by atoms with van der Waals surface area (Å²) in [7, 11) is 2.01. The molecule has 7 aromatic rings. The summed E-state index contributed by atoms with van der Waals surface area (Å²) in [4.78, 5) is 6.91. The Hall–Kier alpha value is -4.99. The van der Waals surface area contributed by atoms with E-state index in [0.717, 1.165) is 51.0 Å². The average molecular weight is 819 g/mol. The smallest absolute Gasteiger partial charge is 0.373 e. The minimum Gasteiger partial charge on any atom is -0.373 e. The van der Waals surface area contributed by atoms with Gasteiger partial charge in [-0.05, 0) is 65.9 Å². The average Bonchev–Trinajstić information content (AvgIpc) is 3.71.